The van der Waals surface area contributed by atoms with Gasteiger partial charge in [0.25, 0.3) is 23.6 Å². The molecule has 4 atom stereocenters. The molecule has 0 aliphatic carbocycles. The SMILES string of the molecule is C.C.C.C.CCCc1ccc2c(c1)N(Cc1ccccc1)C(=O)C21NN=C(c2ccc(OC)cc2)S1.O=C1N(Cc2c(Cl)cccc2Cl)c2ccccc2C12NN=C(c1ccccc1)S2.O=C1N(Cc2cccc3ccccc23)c2ccccc2C12NN=C(c1ccccc1)S2.O=C1N(Cc2ccccc2Cl)c2ccccc2C12NN=C(c1ccccc1)S2. The van der Waals surface area contributed by atoms with Crippen molar-refractivity contribution in [3.63, 3.8) is 0 Å². The fourth-order valence-electron chi connectivity index (χ4n) is 15.9. The second-order valence-corrected chi connectivity index (χ2v) is 35.2. The molecule has 4 N–H and O–H groups in total. The molecule has 8 aliphatic heterocycles. The Balaban J connectivity index is 0.000000133. The zero-order valence-electron chi connectivity index (χ0n) is 64.7. The topological polar surface area (TPSA) is 188 Å². The molecule has 0 radical (unpaired) electrons. The van der Waals surface area contributed by atoms with Gasteiger partial charge in [-0.1, -0.05) is 380 Å². The second kappa shape index (κ2) is 37.6. The van der Waals surface area contributed by atoms with Gasteiger partial charge in [0.15, 0.2) is 0 Å². The molecule has 626 valence electrons. The Kier molecular flexibility index (Phi) is 26.7. The van der Waals surface area contributed by atoms with Crippen molar-refractivity contribution >= 4 is 159 Å². The lowest BCUT2D eigenvalue weighted by Gasteiger charge is -2.23. The number of ether oxygens (including phenoxy) is 1. The van der Waals surface area contributed by atoms with Gasteiger partial charge in [-0.15, -0.1) is 0 Å². The number of rotatable bonds is 15. The highest BCUT2D eigenvalue weighted by atomic mass is 35.5. The fourth-order valence-corrected chi connectivity index (χ4v) is 21.5. The number of nitrogens with one attached hydrogen (secondary N) is 4. The van der Waals surface area contributed by atoms with Gasteiger partial charge in [-0.3, -0.25) is 40.9 Å². The first kappa shape index (κ1) is 88.3. The molecule has 4 spiro atoms. The number of methoxy groups -OCH3 is 1. The molecule has 124 heavy (non-hydrogen) atoms. The van der Waals surface area contributed by atoms with Crippen molar-refractivity contribution in [2.75, 3.05) is 26.7 Å². The molecule has 0 bridgehead atoms. The van der Waals surface area contributed by atoms with Gasteiger partial charge in [-0.2, -0.15) is 20.4 Å². The predicted molar refractivity (Wildman–Crippen MR) is 518 cm³/mol. The summed E-state index contributed by atoms with van der Waals surface area (Å²) in [6, 6.07) is 105. The van der Waals surface area contributed by atoms with E-state index in [9.17, 15) is 19.2 Å². The number of carbonyl (C=O) groups is 4. The van der Waals surface area contributed by atoms with Crippen LogP contribution in [0.2, 0.25) is 15.1 Å². The minimum Gasteiger partial charge on any atom is -0.497 e. The first-order chi connectivity index (χ1) is 58.7. The molecule has 0 fully saturated rings. The van der Waals surface area contributed by atoms with Gasteiger partial charge in [0.1, 0.15) is 25.9 Å². The van der Waals surface area contributed by atoms with Crippen LogP contribution >= 0.6 is 81.9 Å². The van der Waals surface area contributed by atoms with E-state index in [-0.39, 0.29) is 53.3 Å². The van der Waals surface area contributed by atoms with Crippen molar-refractivity contribution in [2.45, 2.75) is 95.1 Å². The largest absolute Gasteiger partial charge is 0.497 e. The Bertz CT molecular complexity index is 6270. The number of hydrazone groups is 4. The highest BCUT2D eigenvalue weighted by Gasteiger charge is 2.59. The van der Waals surface area contributed by atoms with E-state index >= 15 is 0 Å². The quantitative estimate of drug-likeness (QED) is 0.0760. The van der Waals surface area contributed by atoms with Crippen LogP contribution in [-0.4, -0.2) is 50.9 Å². The van der Waals surface area contributed by atoms with Crippen molar-refractivity contribution in [2.24, 2.45) is 20.4 Å². The second-order valence-electron chi connectivity index (χ2n) is 29.2. The third kappa shape index (κ3) is 16.3. The minimum atomic E-state index is -0.991. The number of aryl methyl sites for hydroxylation is 1. The lowest BCUT2D eigenvalue weighted by Crippen LogP contribution is -2.44. The van der Waals surface area contributed by atoms with E-state index in [2.05, 4.69) is 110 Å². The summed E-state index contributed by atoms with van der Waals surface area (Å²) in [6.45, 7) is 3.93. The van der Waals surface area contributed by atoms with E-state index in [1.54, 1.807) is 35.1 Å². The van der Waals surface area contributed by atoms with E-state index < -0.39 is 19.5 Å². The van der Waals surface area contributed by atoms with Crippen LogP contribution in [0.25, 0.3) is 10.8 Å². The van der Waals surface area contributed by atoms with Gasteiger partial charge < -0.3 is 24.3 Å². The summed E-state index contributed by atoms with van der Waals surface area (Å²) in [7, 11) is 1.65. The number of amides is 4. The number of fused-ring (bicyclic) bond motifs is 9. The molecule has 0 aromatic heterocycles. The third-order valence-corrected chi connectivity index (χ3v) is 28.2. The summed E-state index contributed by atoms with van der Waals surface area (Å²) in [5, 5.41) is 25.5. The summed E-state index contributed by atoms with van der Waals surface area (Å²) >= 11 is 24.9. The van der Waals surface area contributed by atoms with Crippen LogP contribution in [0.1, 0.15) is 115 Å². The average Bonchev–Trinajstić information content (AvgIpc) is 1.58. The number of thioether (sulfide) groups is 4. The van der Waals surface area contributed by atoms with Crippen molar-refractivity contribution in [3.8, 4) is 5.75 Å². The molecule has 21 rings (SSSR count). The van der Waals surface area contributed by atoms with Crippen LogP contribution in [0.3, 0.4) is 0 Å². The van der Waals surface area contributed by atoms with Gasteiger partial charge in [0, 0.05) is 65.1 Å². The summed E-state index contributed by atoms with van der Waals surface area (Å²) < 4.78 is 5.27. The first-order valence-electron chi connectivity index (χ1n) is 39.0. The monoisotopic (exact) mass is 1770 g/mol. The molecular formula is C100H91Cl3N12O5S4. The molecule has 13 aromatic carbocycles. The van der Waals surface area contributed by atoms with Crippen molar-refractivity contribution in [1.82, 2.24) is 21.7 Å². The van der Waals surface area contributed by atoms with Crippen LogP contribution < -0.4 is 46.0 Å². The number of hydrogen-bond donors (Lipinski definition) is 4. The number of carbonyl (C=O) groups excluding carboxylic acids is 4. The lowest BCUT2D eigenvalue weighted by atomic mass is 10.0. The van der Waals surface area contributed by atoms with Gasteiger partial charge in [0.2, 0.25) is 19.5 Å². The number of anilines is 4. The van der Waals surface area contributed by atoms with Gasteiger partial charge >= 0.3 is 0 Å². The number of hydrogen-bond acceptors (Lipinski definition) is 17. The Morgan fingerprint density at radius 1 is 0.331 bits per heavy atom. The Labute approximate surface area is 755 Å². The van der Waals surface area contributed by atoms with Gasteiger partial charge in [0.05, 0.1) is 56.0 Å². The molecule has 0 saturated carbocycles. The molecule has 4 amide bonds. The van der Waals surface area contributed by atoms with E-state index in [0.717, 1.165) is 128 Å². The summed E-state index contributed by atoms with van der Waals surface area (Å²) in [5.74, 6) is 0.700. The molecule has 4 unspecified atom stereocenters. The Hall–Kier alpha value is -12.1. The smallest absolute Gasteiger partial charge is 0.270 e. The van der Waals surface area contributed by atoms with Crippen LogP contribution in [0, 0.1) is 0 Å². The maximum atomic E-state index is 13.9. The maximum absolute atomic E-state index is 13.9. The van der Waals surface area contributed by atoms with Crippen molar-refractivity contribution in [1.29, 1.82) is 0 Å². The normalized spacial score (nSPS) is 19.1. The molecule has 8 aliphatic rings. The van der Waals surface area contributed by atoms with E-state index in [0.29, 0.717) is 41.2 Å². The van der Waals surface area contributed by atoms with Crippen LogP contribution in [0.15, 0.2) is 342 Å². The molecule has 8 heterocycles. The molecule has 13 aromatic rings. The van der Waals surface area contributed by atoms with Gasteiger partial charge in [-0.05, 0) is 106 Å². The van der Waals surface area contributed by atoms with Crippen LogP contribution in [0.4, 0.5) is 22.7 Å². The van der Waals surface area contributed by atoms with Crippen molar-refractivity contribution in [3.05, 3.63) is 409 Å². The standard InChI is InChI=1S/C26H25N3O2S.C26H19N3OS.C22H15Cl2N3OS.C22H16ClN3OS.4CH4/c1-3-7-18-10-15-22-23(16-18)29(17-19-8-5-4-6-9-19)25(30)26(22)28-27-24(32-26)20-11-13-21(31-2)14-12-20;30-25-26(28-27-24(31-26)19-10-2-1-3-11-19)22-15-6-7-16-23(22)29(25)17-20-13-8-12-18-9-4-5-14-21(18)20;23-17-10-6-11-18(24)15(17)13-27-19-12-5-4-9-16(19)22(21(27)28)26-25-20(29-22)14-7-2-1-3-8-14;23-18-12-6-4-10-16(18)14-26-19-13-7-5-11-17(19)22(21(26)27)25-24-20(28-22)15-8-2-1-3-9-15;;;;/h4-6,8-16,28H,3,7,17H2,1-2H3;1-16,28H,17H2;1-12,26H,13H2;1-13,25H,14H2;4*1H4. The average molecular weight is 1780 g/mol. The lowest BCUT2D eigenvalue weighted by molar-refractivity contribution is -0.121. The summed E-state index contributed by atoms with van der Waals surface area (Å²) in [4.78, 5) is 58.5. The maximum Gasteiger partial charge on any atom is 0.270 e. The number of nitrogens with zero attached hydrogens (tertiary/aromatic N) is 8. The zero-order valence-corrected chi connectivity index (χ0v) is 70.3. The fraction of sp³-hybridized carbons (Fsp3) is 0.160. The Morgan fingerprint density at radius 2 is 0.677 bits per heavy atom. The summed E-state index contributed by atoms with van der Waals surface area (Å²) in [6.07, 6.45) is 2.05. The number of halogens is 3. The third-order valence-electron chi connectivity index (χ3n) is 21.9. The van der Waals surface area contributed by atoms with Crippen LogP contribution in [0.5, 0.6) is 5.75 Å². The molecule has 17 nitrogen and oxygen atoms in total. The zero-order chi connectivity index (χ0) is 82.1. The van der Waals surface area contributed by atoms with Gasteiger partial charge in [-0.25, -0.2) is 0 Å². The molecule has 24 heteroatoms. The predicted octanol–water partition coefficient (Wildman–Crippen LogP) is 23.0. The van der Waals surface area contributed by atoms with Crippen molar-refractivity contribution < 1.29 is 23.9 Å². The number of para-hydroxylation sites is 3. The highest BCUT2D eigenvalue weighted by Crippen LogP contribution is 2.56. The minimum absolute atomic E-state index is 0. The van der Waals surface area contributed by atoms with E-state index in [1.165, 1.54) is 63.4 Å². The van der Waals surface area contributed by atoms with Crippen LogP contribution in [-0.2, 0) is 71.3 Å². The number of benzene rings is 13. The van der Waals surface area contributed by atoms with E-state index in [1.807, 2.05) is 252 Å². The highest BCUT2D eigenvalue weighted by molar-refractivity contribution is 8.17. The molecule has 0 saturated heterocycles. The first-order valence-corrected chi connectivity index (χ1v) is 43.4. The molecular weight excluding hydrogens is 1680 g/mol. The van der Waals surface area contributed by atoms with E-state index in [4.69, 9.17) is 39.5 Å². The summed E-state index contributed by atoms with van der Waals surface area (Å²) in [5.41, 5.74) is 29.1. The Morgan fingerprint density at radius 3 is 1.13 bits per heavy atom.